The number of nitrogens with one attached hydrogen (secondary N) is 1. The number of thiocarbonyl (C=S) groups is 1. The van der Waals surface area contributed by atoms with Crippen LogP contribution in [-0.4, -0.2) is 30.1 Å². The average Bonchev–Trinajstić information content (AvgIpc) is 2.03. The normalized spacial score (nSPS) is 9.36. The Bertz CT molecular complexity index is 109. The van der Waals surface area contributed by atoms with E-state index in [1.807, 2.05) is 7.05 Å². The summed E-state index contributed by atoms with van der Waals surface area (Å²) < 4.78 is 0. The van der Waals surface area contributed by atoms with E-state index < -0.39 is 0 Å². The summed E-state index contributed by atoms with van der Waals surface area (Å²) in [4.78, 5) is 2.20. The standard InChI is InChI=1S/C8H18N2S/c1-4-6-10(7-5-2)8(11)9-3/h4-7H2,1-3H3,(H,9,11). The molecule has 0 rings (SSSR count). The minimum absolute atomic E-state index is 0.869. The molecule has 0 fully saturated rings. The Balaban J connectivity index is 3.76. The van der Waals surface area contributed by atoms with Crippen molar-refractivity contribution in [3.8, 4) is 0 Å². The highest BCUT2D eigenvalue weighted by Gasteiger charge is 2.03. The largest absolute Gasteiger partial charge is 0.366 e. The summed E-state index contributed by atoms with van der Waals surface area (Å²) in [5.74, 6) is 0. The van der Waals surface area contributed by atoms with Gasteiger partial charge in [0, 0.05) is 20.1 Å². The van der Waals surface area contributed by atoms with E-state index in [9.17, 15) is 0 Å². The van der Waals surface area contributed by atoms with E-state index in [4.69, 9.17) is 12.2 Å². The summed E-state index contributed by atoms with van der Waals surface area (Å²) in [5.41, 5.74) is 0. The second-order valence-electron chi connectivity index (χ2n) is 2.54. The molecule has 0 aromatic rings. The Labute approximate surface area is 75.0 Å². The minimum atomic E-state index is 0.869. The van der Waals surface area contributed by atoms with Crippen LogP contribution in [0.25, 0.3) is 0 Å². The SMILES string of the molecule is CCCN(CCC)C(=S)NC. The molecule has 11 heavy (non-hydrogen) atoms. The zero-order valence-corrected chi connectivity index (χ0v) is 8.50. The Morgan fingerprint density at radius 3 is 2.00 bits per heavy atom. The molecule has 0 atom stereocenters. The highest BCUT2D eigenvalue weighted by molar-refractivity contribution is 7.80. The fourth-order valence-electron chi connectivity index (χ4n) is 1.01. The number of hydrogen-bond donors (Lipinski definition) is 1. The maximum atomic E-state index is 5.12. The lowest BCUT2D eigenvalue weighted by Gasteiger charge is -2.23. The predicted molar refractivity (Wildman–Crippen MR) is 53.8 cm³/mol. The number of hydrogen-bond acceptors (Lipinski definition) is 1. The maximum absolute atomic E-state index is 5.12. The van der Waals surface area contributed by atoms with Crippen molar-refractivity contribution in [1.82, 2.24) is 10.2 Å². The summed E-state index contributed by atoms with van der Waals surface area (Å²) in [6.07, 6.45) is 2.31. The van der Waals surface area contributed by atoms with E-state index in [0.29, 0.717) is 0 Å². The zero-order chi connectivity index (χ0) is 8.69. The van der Waals surface area contributed by atoms with Gasteiger partial charge in [-0.2, -0.15) is 0 Å². The summed E-state index contributed by atoms with van der Waals surface area (Å²) in [6, 6.07) is 0. The van der Waals surface area contributed by atoms with Gasteiger partial charge in [-0.25, -0.2) is 0 Å². The molecule has 2 nitrogen and oxygen atoms in total. The Hall–Kier alpha value is -0.310. The summed E-state index contributed by atoms with van der Waals surface area (Å²) >= 11 is 5.12. The molecule has 0 aliphatic carbocycles. The number of nitrogens with zero attached hydrogens (tertiary/aromatic N) is 1. The molecular formula is C8H18N2S. The van der Waals surface area contributed by atoms with Crippen molar-refractivity contribution in [2.75, 3.05) is 20.1 Å². The summed E-state index contributed by atoms with van der Waals surface area (Å²) in [5, 5.41) is 3.86. The fourth-order valence-corrected chi connectivity index (χ4v) is 1.20. The van der Waals surface area contributed by atoms with E-state index in [2.05, 4.69) is 24.1 Å². The predicted octanol–water partition coefficient (Wildman–Crippen LogP) is 1.61. The number of rotatable bonds is 4. The van der Waals surface area contributed by atoms with Crippen molar-refractivity contribution in [3.63, 3.8) is 0 Å². The smallest absolute Gasteiger partial charge is 0.168 e. The monoisotopic (exact) mass is 174 g/mol. The van der Waals surface area contributed by atoms with Crippen molar-refractivity contribution >= 4 is 17.3 Å². The van der Waals surface area contributed by atoms with E-state index in [0.717, 1.165) is 31.0 Å². The summed E-state index contributed by atoms with van der Waals surface area (Å²) in [6.45, 7) is 6.46. The lowest BCUT2D eigenvalue weighted by atomic mass is 10.4. The van der Waals surface area contributed by atoms with E-state index >= 15 is 0 Å². The first-order valence-corrected chi connectivity index (χ1v) is 4.63. The molecule has 0 aromatic heterocycles. The van der Waals surface area contributed by atoms with Crippen molar-refractivity contribution in [2.45, 2.75) is 26.7 Å². The third-order valence-corrected chi connectivity index (χ3v) is 1.95. The first kappa shape index (κ1) is 10.7. The van der Waals surface area contributed by atoms with Gasteiger partial charge in [0.15, 0.2) is 5.11 Å². The van der Waals surface area contributed by atoms with E-state index in [1.54, 1.807) is 0 Å². The Morgan fingerprint density at radius 2 is 1.73 bits per heavy atom. The van der Waals surface area contributed by atoms with Gasteiger partial charge in [0.25, 0.3) is 0 Å². The third-order valence-electron chi connectivity index (χ3n) is 1.49. The van der Waals surface area contributed by atoms with Gasteiger partial charge in [-0.1, -0.05) is 13.8 Å². The van der Waals surface area contributed by atoms with Crippen LogP contribution in [0, 0.1) is 0 Å². The van der Waals surface area contributed by atoms with Gasteiger partial charge in [-0.3, -0.25) is 0 Å². The van der Waals surface area contributed by atoms with Crippen LogP contribution >= 0.6 is 12.2 Å². The van der Waals surface area contributed by atoms with Gasteiger partial charge in [-0.15, -0.1) is 0 Å². The van der Waals surface area contributed by atoms with Crippen LogP contribution in [0.3, 0.4) is 0 Å². The molecule has 0 heterocycles. The molecule has 1 N–H and O–H groups in total. The zero-order valence-electron chi connectivity index (χ0n) is 7.68. The van der Waals surface area contributed by atoms with Crippen molar-refractivity contribution in [3.05, 3.63) is 0 Å². The molecule has 0 radical (unpaired) electrons. The molecule has 0 aliphatic heterocycles. The molecule has 66 valence electrons. The molecule has 0 spiro atoms. The average molecular weight is 174 g/mol. The topological polar surface area (TPSA) is 15.3 Å². The van der Waals surface area contributed by atoms with Gasteiger partial charge in [0.05, 0.1) is 0 Å². The van der Waals surface area contributed by atoms with Gasteiger partial charge in [0.1, 0.15) is 0 Å². The lowest BCUT2D eigenvalue weighted by Crippen LogP contribution is -2.38. The van der Waals surface area contributed by atoms with Crippen LogP contribution < -0.4 is 5.32 Å². The molecule has 0 saturated carbocycles. The van der Waals surface area contributed by atoms with Gasteiger partial charge in [0.2, 0.25) is 0 Å². The lowest BCUT2D eigenvalue weighted by molar-refractivity contribution is 0.413. The van der Waals surface area contributed by atoms with Gasteiger partial charge < -0.3 is 10.2 Å². The minimum Gasteiger partial charge on any atom is -0.366 e. The van der Waals surface area contributed by atoms with Crippen molar-refractivity contribution < 1.29 is 0 Å². The highest BCUT2D eigenvalue weighted by Crippen LogP contribution is 1.94. The Morgan fingerprint density at radius 1 is 1.27 bits per heavy atom. The maximum Gasteiger partial charge on any atom is 0.168 e. The summed E-state index contributed by atoms with van der Waals surface area (Å²) in [7, 11) is 1.88. The van der Waals surface area contributed by atoms with Gasteiger partial charge >= 0.3 is 0 Å². The molecule has 0 amide bonds. The molecule has 0 unspecified atom stereocenters. The van der Waals surface area contributed by atoms with Crippen LogP contribution in [0.4, 0.5) is 0 Å². The molecule has 0 aliphatic rings. The highest BCUT2D eigenvalue weighted by atomic mass is 32.1. The van der Waals surface area contributed by atoms with Crippen LogP contribution in [-0.2, 0) is 0 Å². The van der Waals surface area contributed by atoms with E-state index in [1.165, 1.54) is 0 Å². The fraction of sp³-hybridized carbons (Fsp3) is 0.875. The van der Waals surface area contributed by atoms with Crippen LogP contribution in [0.2, 0.25) is 0 Å². The second kappa shape index (κ2) is 6.40. The Kier molecular flexibility index (Phi) is 6.22. The molecule has 3 heteroatoms. The molecule has 0 aromatic carbocycles. The first-order valence-electron chi connectivity index (χ1n) is 4.22. The third kappa shape index (κ3) is 4.19. The van der Waals surface area contributed by atoms with Crippen molar-refractivity contribution in [1.29, 1.82) is 0 Å². The molecular weight excluding hydrogens is 156 g/mol. The molecule has 0 saturated heterocycles. The van der Waals surface area contributed by atoms with E-state index in [-0.39, 0.29) is 0 Å². The first-order chi connectivity index (χ1) is 5.26. The van der Waals surface area contributed by atoms with Crippen LogP contribution in [0.15, 0.2) is 0 Å². The molecule has 0 bridgehead atoms. The quantitative estimate of drug-likeness (QED) is 0.652. The van der Waals surface area contributed by atoms with Crippen LogP contribution in [0.5, 0.6) is 0 Å². The second-order valence-corrected chi connectivity index (χ2v) is 2.93. The van der Waals surface area contributed by atoms with Crippen LogP contribution in [0.1, 0.15) is 26.7 Å². The van der Waals surface area contributed by atoms with Crippen molar-refractivity contribution in [2.24, 2.45) is 0 Å². The van der Waals surface area contributed by atoms with Gasteiger partial charge in [-0.05, 0) is 25.1 Å².